The zero-order valence-corrected chi connectivity index (χ0v) is 10.4. The lowest BCUT2D eigenvalue weighted by Gasteiger charge is -2.12. The van der Waals surface area contributed by atoms with Crippen LogP contribution >= 0.6 is 11.3 Å². The fourth-order valence-corrected chi connectivity index (χ4v) is 2.78. The number of aryl methyl sites for hydroxylation is 1. The number of carboxylic acids is 1. The van der Waals surface area contributed by atoms with Gasteiger partial charge in [-0.15, -0.1) is 11.3 Å². The van der Waals surface area contributed by atoms with Gasteiger partial charge in [-0.2, -0.15) is 0 Å². The molecule has 2 rings (SSSR count). The van der Waals surface area contributed by atoms with Crippen LogP contribution in [-0.2, 0) is 11.2 Å². The SMILES string of the molecule is Cc1ccsc1CC(C(=O)O)c1ccccc1. The molecule has 3 heteroatoms. The van der Waals surface area contributed by atoms with Gasteiger partial charge in [0.25, 0.3) is 0 Å². The van der Waals surface area contributed by atoms with E-state index in [1.165, 1.54) is 5.56 Å². The Kier molecular flexibility index (Phi) is 3.59. The lowest BCUT2D eigenvalue weighted by molar-refractivity contribution is -0.138. The molecule has 2 nitrogen and oxygen atoms in total. The molecular formula is C14H14O2S. The van der Waals surface area contributed by atoms with E-state index in [2.05, 4.69) is 0 Å². The summed E-state index contributed by atoms with van der Waals surface area (Å²) in [4.78, 5) is 12.5. The van der Waals surface area contributed by atoms with Gasteiger partial charge in [0.1, 0.15) is 0 Å². The smallest absolute Gasteiger partial charge is 0.311 e. The second-order valence-corrected chi connectivity index (χ2v) is 5.03. The molecule has 1 aromatic heterocycles. The second kappa shape index (κ2) is 5.15. The van der Waals surface area contributed by atoms with Crippen molar-refractivity contribution in [1.82, 2.24) is 0 Å². The van der Waals surface area contributed by atoms with Gasteiger partial charge in [-0.25, -0.2) is 0 Å². The van der Waals surface area contributed by atoms with E-state index in [1.54, 1.807) is 11.3 Å². The number of rotatable bonds is 4. The molecule has 0 saturated carbocycles. The highest BCUT2D eigenvalue weighted by Gasteiger charge is 2.21. The summed E-state index contributed by atoms with van der Waals surface area (Å²) in [5.41, 5.74) is 2.05. The number of hydrogen-bond acceptors (Lipinski definition) is 2. The first kappa shape index (κ1) is 11.9. The molecule has 0 bridgehead atoms. The van der Waals surface area contributed by atoms with Crippen molar-refractivity contribution >= 4 is 17.3 Å². The van der Waals surface area contributed by atoms with Crippen LogP contribution in [0.25, 0.3) is 0 Å². The van der Waals surface area contributed by atoms with Crippen LogP contribution in [0.4, 0.5) is 0 Å². The van der Waals surface area contributed by atoms with Gasteiger partial charge in [0.15, 0.2) is 0 Å². The Labute approximate surface area is 105 Å². The molecule has 0 aliphatic heterocycles. The lowest BCUT2D eigenvalue weighted by atomic mass is 9.94. The first-order valence-electron chi connectivity index (χ1n) is 5.49. The highest BCUT2D eigenvalue weighted by Crippen LogP contribution is 2.26. The number of aliphatic carboxylic acids is 1. The molecule has 0 amide bonds. The van der Waals surface area contributed by atoms with Crippen molar-refractivity contribution in [3.63, 3.8) is 0 Å². The Morgan fingerprint density at radius 1 is 1.29 bits per heavy atom. The molecule has 0 aliphatic rings. The number of carboxylic acid groups (broad SMARTS) is 1. The molecule has 1 aromatic carbocycles. The van der Waals surface area contributed by atoms with E-state index < -0.39 is 11.9 Å². The minimum absolute atomic E-state index is 0.450. The molecule has 1 N–H and O–H groups in total. The van der Waals surface area contributed by atoms with E-state index in [0.29, 0.717) is 6.42 Å². The second-order valence-electron chi connectivity index (χ2n) is 4.03. The molecule has 88 valence electrons. The standard InChI is InChI=1S/C14H14O2S/c1-10-7-8-17-13(10)9-12(14(15)16)11-5-3-2-4-6-11/h2-8,12H,9H2,1H3,(H,15,16). The van der Waals surface area contributed by atoms with Crippen molar-refractivity contribution < 1.29 is 9.90 Å². The summed E-state index contributed by atoms with van der Waals surface area (Å²) in [6.45, 7) is 2.02. The summed E-state index contributed by atoms with van der Waals surface area (Å²) in [6, 6.07) is 11.4. The predicted molar refractivity (Wildman–Crippen MR) is 69.6 cm³/mol. The summed E-state index contributed by atoms with van der Waals surface area (Å²) in [6.07, 6.45) is 0.572. The summed E-state index contributed by atoms with van der Waals surface area (Å²) < 4.78 is 0. The monoisotopic (exact) mass is 246 g/mol. The molecular weight excluding hydrogens is 232 g/mol. The van der Waals surface area contributed by atoms with E-state index in [4.69, 9.17) is 0 Å². The van der Waals surface area contributed by atoms with Gasteiger partial charge in [-0.05, 0) is 35.9 Å². The highest BCUT2D eigenvalue weighted by molar-refractivity contribution is 7.10. The molecule has 2 aromatic rings. The summed E-state index contributed by atoms with van der Waals surface area (Å²) in [5, 5.41) is 11.3. The third kappa shape index (κ3) is 2.74. The van der Waals surface area contributed by atoms with Crippen LogP contribution in [0, 0.1) is 6.92 Å². The zero-order chi connectivity index (χ0) is 12.3. The lowest BCUT2D eigenvalue weighted by Crippen LogP contribution is -2.14. The van der Waals surface area contributed by atoms with Gasteiger partial charge >= 0.3 is 5.97 Å². The molecule has 1 heterocycles. The summed E-state index contributed by atoms with van der Waals surface area (Å²) >= 11 is 1.63. The van der Waals surface area contributed by atoms with Crippen molar-refractivity contribution in [2.75, 3.05) is 0 Å². The third-order valence-electron chi connectivity index (χ3n) is 2.86. The number of thiophene rings is 1. The largest absolute Gasteiger partial charge is 0.481 e. The van der Waals surface area contributed by atoms with Crippen molar-refractivity contribution in [2.45, 2.75) is 19.3 Å². The fraction of sp³-hybridized carbons (Fsp3) is 0.214. The Balaban J connectivity index is 2.26. The molecule has 0 fully saturated rings. The predicted octanol–water partition coefficient (Wildman–Crippen LogP) is 3.47. The Hall–Kier alpha value is -1.61. The van der Waals surface area contributed by atoms with E-state index >= 15 is 0 Å². The average Bonchev–Trinajstić information content (AvgIpc) is 2.72. The van der Waals surface area contributed by atoms with E-state index in [0.717, 1.165) is 10.4 Å². The van der Waals surface area contributed by atoms with Crippen molar-refractivity contribution in [3.8, 4) is 0 Å². The first-order valence-corrected chi connectivity index (χ1v) is 6.37. The Morgan fingerprint density at radius 3 is 2.53 bits per heavy atom. The molecule has 17 heavy (non-hydrogen) atoms. The maximum Gasteiger partial charge on any atom is 0.311 e. The van der Waals surface area contributed by atoms with Gasteiger partial charge < -0.3 is 5.11 Å². The van der Waals surface area contributed by atoms with Gasteiger partial charge in [0, 0.05) is 4.88 Å². The molecule has 0 radical (unpaired) electrons. The third-order valence-corrected chi connectivity index (χ3v) is 3.90. The molecule has 0 saturated heterocycles. The van der Waals surface area contributed by atoms with Gasteiger partial charge in [-0.1, -0.05) is 30.3 Å². The fourth-order valence-electron chi connectivity index (χ4n) is 1.83. The quantitative estimate of drug-likeness (QED) is 0.897. The minimum Gasteiger partial charge on any atom is -0.481 e. The van der Waals surface area contributed by atoms with E-state index in [9.17, 15) is 9.90 Å². The van der Waals surface area contributed by atoms with Crippen LogP contribution < -0.4 is 0 Å². The van der Waals surface area contributed by atoms with Crippen LogP contribution in [0.1, 0.15) is 21.9 Å². The Bertz CT molecular complexity index is 502. The highest BCUT2D eigenvalue weighted by atomic mass is 32.1. The number of hydrogen-bond donors (Lipinski definition) is 1. The van der Waals surface area contributed by atoms with Gasteiger partial charge in [0.2, 0.25) is 0 Å². The topological polar surface area (TPSA) is 37.3 Å². The van der Waals surface area contributed by atoms with Crippen molar-refractivity contribution in [1.29, 1.82) is 0 Å². The summed E-state index contributed by atoms with van der Waals surface area (Å²) in [5.74, 6) is -1.21. The van der Waals surface area contributed by atoms with Crippen LogP contribution in [-0.4, -0.2) is 11.1 Å². The number of benzene rings is 1. The molecule has 0 aliphatic carbocycles. The van der Waals surface area contributed by atoms with Gasteiger partial charge in [0.05, 0.1) is 5.92 Å². The average molecular weight is 246 g/mol. The van der Waals surface area contributed by atoms with E-state index in [1.807, 2.05) is 48.7 Å². The van der Waals surface area contributed by atoms with Crippen LogP contribution in [0.15, 0.2) is 41.8 Å². The Morgan fingerprint density at radius 2 is 2.00 bits per heavy atom. The van der Waals surface area contributed by atoms with Gasteiger partial charge in [-0.3, -0.25) is 4.79 Å². The maximum absolute atomic E-state index is 11.3. The van der Waals surface area contributed by atoms with Crippen LogP contribution in [0.5, 0.6) is 0 Å². The molecule has 1 unspecified atom stereocenters. The van der Waals surface area contributed by atoms with E-state index in [-0.39, 0.29) is 0 Å². The van der Waals surface area contributed by atoms with Crippen LogP contribution in [0.3, 0.4) is 0 Å². The minimum atomic E-state index is -0.760. The maximum atomic E-state index is 11.3. The molecule has 0 spiro atoms. The normalized spacial score (nSPS) is 12.3. The van der Waals surface area contributed by atoms with Crippen molar-refractivity contribution in [3.05, 3.63) is 57.8 Å². The molecule has 1 atom stereocenters. The van der Waals surface area contributed by atoms with Crippen LogP contribution in [0.2, 0.25) is 0 Å². The zero-order valence-electron chi connectivity index (χ0n) is 9.59. The first-order chi connectivity index (χ1) is 8.18. The number of carbonyl (C=O) groups is 1. The summed E-state index contributed by atoms with van der Waals surface area (Å²) in [7, 11) is 0. The van der Waals surface area contributed by atoms with Crippen molar-refractivity contribution in [2.24, 2.45) is 0 Å².